The van der Waals surface area contributed by atoms with Gasteiger partial charge in [-0.2, -0.15) is 0 Å². The van der Waals surface area contributed by atoms with E-state index < -0.39 is 0 Å². The fraction of sp³-hybridized carbons (Fsp3) is 0.350. The first kappa shape index (κ1) is 18.1. The van der Waals surface area contributed by atoms with Gasteiger partial charge in [-0.15, -0.1) is 0 Å². The van der Waals surface area contributed by atoms with E-state index in [1.807, 2.05) is 18.2 Å². The molecule has 2 aliphatic rings. The summed E-state index contributed by atoms with van der Waals surface area (Å²) in [5.41, 5.74) is 1.36. The Morgan fingerprint density at radius 1 is 0.964 bits per heavy atom. The Morgan fingerprint density at radius 3 is 2.36 bits per heavy atom. The van der Waals surface area contributed by atoms with Crippen molar-refractivity contribution in [3.05, 3.63) is 42.1 Å². The van der Waals surface area contributed by atoms with E-state index in [1.165, 1.54) is 0 Å². The maximum absolute atomic E-state index is 12.6. The maximum Gasteiger partial charge on any atom is 0.255 e. The summed E-state index contributed by atoms with van der Waals surface area (Å²) in [6.07, 6.45) is 1.57. The van der Waals surface area contributed by atoms with Gasteiger partial charge in [-0.3, -0.25) is 9.59 Å². The predicted molar refractivity (Wildman–Crippen MR) is 103 cm³/mol. The number of fused-ring (bicyclic) bond motifs is 1. The van der Waals surface area contributed by atoms with Crippen LogP contribution in [0.5, 0.6) is 11.5 Å². The minimum absolute atomic E-state index is 0.0448. The summed E-state index contributed by atoms with van der Waals surface area (Å²) in [6, 6.07) is 9.14. The molecule has 8 nitrogen and oxygen atoms in total. The molecule has 1 aromatic carbocycles. The van der Waals surface area contributed by atoms with E-state index in [2.05, 4.69) is 10.3 Å². The fourth-order valence-corrected chi connectivity index (χ4v) is 3.27. The molecule has 1 saturated heterocycles. The van der Waals surface area contributed by atoms with Crippen molar-refractivity contribution in [2.24, 2.45) is 0 Å². The number of rotatable bonds is 3. The molecule has 2 aromatic rings. The molecule has 2 aliphatic heterocycles. The molecular weight excluding hydrogens is 360 g/mol. The molecular formula is C20H22N4O4. The van der Waals surface area contributed by atoms with Crippen molar-refractivity contribution in [3.8, 4) is 11.5 Å². The second-order valence-electron chi connectivity index (χ2n) is 6.71. The number of anilines is 2. The number of hydrogen-bond acceptors (Lipinski definition) is 6. The lowest BCUT2D eigenvalue weighted by Crippen LogP contribution is -2.50. The van der Waals surface area contributed by atoms with E-state index >= 15 is 0 Å². The molecule has 0 unspecified atom stereocenters. The van der Waals surface area contributed by atoms with Gasteiger partial charge >= 0.3 is 0 Å². The predicted octanol–water partition coefficient (Wildman–Crippen LogP) is 1.90. The highest BCUT2D eigenvalue weighted by Gasteiger charge is 2.23. The molecule has 146 valence electrons. The quantitative estimate of drug-likeness (QED) is 0.873. The second kappa shape index (κ2) is 7.75. The minimum atomic E-state index is -0.0680. The highest BCUT2D eigenvalue weighted by atomic mass is 16.6. The van der Waals surface area contributed by atoms with Crippen LogP contribution in [0, 0.1) is 0 Å². The van der Waals surface area contributed by atoms with Gasteiger partial charge in [0, 0.05) is 51.1 Å². The van der Waals surface area contributed by atoms with E-state index in [-0.39, 0.29) is 11.8 Å². The van der Waals surface area contributed by atoms with Crippen LogP contribution in [0.25, 0.3) is 0 Å². The van der Waals surface area contributed by atoms with Crippen LogP contribution in [0.3, 0.4) is 0 Å². The second-order valence-corrected chi connectivity index (χ2v) is 6.71. The molecule has 4 rings (SSSR count). The lowest BCUT2D eigenvalue weighted by Gasteiger charge is -2.34. The Morgan fingerprint density at radius 2 is 1.68 bits per heavy atom. The molecule has 1 N–H and O–H groups in total. The van der Waals surface area contributed by atoms with Crippen LogP contribution in [0.15, 0.2) is 36.5 Å². The van der Waals surface area contributed by atoms with Gasteiger partial charge in [0.1, 0.15) is 19.0 Å². The van der Waals surface area contributed by atoms with Gasteiger partial charge in [0.25, 0.3) is 5.91 Å². The Labute approximate surface area is 163 Å². The van der Waals surface area contributed by atoms with Crippen molar-refractivity contribution in [1.29, 1.82) is 0 Å². The van der Waals surface area contributed by atoms with Crippen LogP contribution in [0.1, 0.15) is 17.3 Å². The zero-order chi connectivity index (χ0) is 19.5. The number of aromatic nitrogens is 1. The van der Waals surface area contributed by atoms with Crippen molar-refractivity contribution in [2.45, 2.75) is 6.92 Å². The third-order valence-corrected chi connectivity index (χ3v) is 4.84. The van der Waals surface area contributed by atoms with E-state index in [1.54, 1.807) is 35.1 Å². The molecule has 0 bridgehead atoms. The third-order valence-electron chi connectivity index (χ3n) is 4.84. The van der Waals surface area contributed by atoms with Crippen molar-refractivity contribution >= 4 is 23.3 Å². The molecule has 0 spiro atoms. The van der Waals surface area contributed by atoms with Crippen LogP contribution < -0.4 is 14.8 Å². The number of nitrogens with zero attached hydrogens (tertiary/aromatic N) is 3. The molecule has 3 heterocycles. The van der Waals surface area contributed by atoms with Crippen LogP contribution in [-0.2, 0) is 4.79 Å². The smallest absolute Gasteiger partial charge is 0.255 e. The number of carbonyl (C=O) groups is 2. The number of ether oxygens (including phenoxy) is 2. The molecule has 0 saturated carbocycles. The van der Waals surface area contributed by atoms with Gasteiger partial charge in [0.05, 0.1) is 5.56 Å². The molecule has 1 aromatic heterocycles. The average molecular weight is 382 g/mol. The van der Waals surface area contributed by atoms with Gasteiger partial charge in [0.2, 0.25) is 5.91 Å². The highest BCUT2D eigenvalue weighted by molar-refractivity contribution is 5.94. The summed E-state index contributed by atoms with van der Waals surface area (Å²) >= 11 is 0. The monoisotopic (exact) mass is 382 g/mol. The van der Waals surface area contributed by atoms with Crippen LogP contribution in [0.2, 0.25) is 0 Å². The fourth-order valence-electron chi connectivity index (χ4n) is 3.27. The zero-order valence-electron chi connectivity index (χ0n) is 15.7. The van der Waals surface area contributed by atoms with Crippen molar-refractivity contribution < 1.29 is 19.1 Å². The lowest BCUT2D eigenvalue weighted by molar-refractivity contribution is -0.130. The Kier molecular flexibility index (Phi) is 5.01. The van der Waals surface area contributed by atoms with Gasteiger partial charge < -0.3 is 24.6 Å². The number of hydrogen-bond donors (Lipinski definition) is 1. The normalized spacial score (nSPS) is 15.9. The Hall–Kier alpha value is -3.29. The Bertz CT molecular complexity index is 876. The number of benzene rings is 1. The summed E-state index contributed by atoms with van der Waals surface area (Å²) in [7, 11) is 0. The molecule has 28 heavy (non-hydrogen) atoms. The van der Waals surface area contributed by atoms with Gasteiger partial charge in [-0.05, 0) is 24.3 Å². The molecule has 8 heteroatoms. The Balaban J connectivity index is 1.39. The molecule has 1 fully saturated rings. The van der Waals surface area contributed by atoms with E-state index in [0.29, 0.717) is 56.5 Å². The first-order valence-electron chi connectivity index (χ1n) is 9.28. The largest absolute Gasteiger partial charge is 0.486 e. The van der Waals surface area contributed by atoms with Crippen molar-refractivity contribution in [3.63, 3.8) is 0 Å². The number of nitrogens with one attached hydrogen (secondary N) is 1. The summed E-state index contributed by atoms with van der Waals surface area (Å²) in [4.78, 5) is 31.9. The highest BCUT2D eigenvalue weighted by Crippen LogP contribution is 2.33. The molecule has 0 aliphatic carbocycles. The first-order chi connectivity index (χ1) is 13.6. The number of pyridine rings is 1. The van der Waals surface area contributed by atoms with Gasteiger partial charge in [0.15, 0.2) is 11.5 Å². The van der Waals surface area contributed by atoms with Gasteiger partial charge in [-0.25, -0.2) is 4.98 Å². The summed E-state index contributed by atoms with van der Waals surface area (Å²) in [5.74, 6) is 2.04. The van der Waals surface area contributed by atoms with Crippen LogP contribution in [-0.4, -0.2) is 66.0 Å². The summed E-state index contributed by atoms with van der Waals surface area (Å²) in [5, 5.41) is 3.20. The summed E-state index contributed by atoms with van der Waals surface area (Å²) in [6.45, 7) is 4.85. The zero-order valence-corrected chi connectivity index (χ0v) is 15.7. The first-order valence-corrected chi connectivity index (χ1v) is 9.28. The number of carbonyl (C=O) groups excluding carboxylic acids is 2. The SMILES string of the molecule is CC(=O)N1CCN(C(=O)c2ccc(Nc3ccc4c(c3)OCCO4)nc2)CC1. The molecule has 0 radical (unpaired) electrons. The maximum atomic E-state index is 12.6. The number of piperazine rings is 1. The topological polar surface area (TPSA) is 84.0 Å². The average Bonchev–Trinajstić information content (AvgIpc) is 2.74. The molecule has 2 amide bonds. The van der Waals surface area contributed by atoms with Crippen molar-refractivity contribution in [1.82, 2.24) is 14.8 Å². The van der Waals surface area contributed by atoms with E-state index in [9.17, 15) is 9.59 Å². The minimum Gasteiger partial charge on any atom is -0.486 e. The molecule has 0 atom stereocenters. The number of amides is 2. The standard InChI is InChI=1S/C20H22N4O4/c1-14(25)23-6-8-24(9-7-23)20(26)15-2-5-19(21-13-15)22-16-3-4-17-18(12-16)28-11-10-27-17/h2-5,12-13H,6-11H2,1H3,(H,21,22). The van der Waals surface area contributed by atoms with Crippen LogP contribution >= 0.6 is 0 Å². The van der Waals surface area contributed by atoms with Gasteiger partial charge in [-0.1, -0.05) is 0 Å². The van der Waals surface area contributed by atoms with E-state index in [4.69, 9.17) is 9.47 Å². The third kappa shape index (κ3) is 3.85. The lowest BCUT2D eigenvalue weighted by atomic mass is 10.2. The van der Waals surface area contributed by atoms with Crippen LogP contribution in [0.4, 0.5) is 11.5 Å². The summed E-state index contributed by atoms with van der Waals surface area (Å²) < 4.78 is 11.1. The van der Waals surface area contributed by atoms with Crippen molar-refractivity contribution in [2.75, 3.05) is 44.7 Å². The van der Waals surface area contributed by atoms with E-state index in [0.717, 1.165) is 11.4 Å².